The zero-order valence-electron chi connectivity index (χ0n) is 13.7. The lowest BCUT2D eigenvalue weighted by Gasteiger charge is -2.14. The van der Waals surface area contributed by atoms with Crippen molar-refractivity contribution in [3.05, 3.63) is 70.5 Å². The first-order valence-electron chi connectivity index (χ1n) is 7.63. The van der Waals surface area contributed by atoms with Crippen LogP contribution in [0.5, 0.6) is 5.75 Å². The summed E-state index contributed by atoms with van der Waals surface area (Å²) in [7, 11) is 1.49. The smallest absolute Gasteiger partial charge is 0.261 e. The van der Waals surface area contributed by atoms with Crippen LogP contribution in [0.4, 0.5) is 10.1 Å². The van der Waals surface area contributed by atoms with E-state index in [0.717, 1.165) is 10.8 Å². The van der Waals surface area contributed by atoms with Crippen molar-refractivity contribution in [1.82, 2.24) is 5.32 Å². The molecule has 4 nitrogen and oxygen atoms in total. The minimum absolute atomic E-state index is 0.00793. The van der Waals surface area contributed by atoms with Crippen LogP contribution in [0.1, 0.15) is 10.4 Å². The first-order valence-corrected chi connectivity index (χ1v) is 8.83. The van der Waals surface area contributed by atoms with E-state index >= 15 is 0 Å². The Morgan fingerprint density at radius 3 is 2.58 bits per heavy atom. The van der Waals surface area contributed by atoms with Crippen LogP contribution in [0, 0.1) is 5.82 Å². The molecular weight excluding hydrogens is 419 g/mol. The average molecular weight is 433 g/mol. The zero-order chi connectivity index (χ0) is 18.7. The number of para-hydroxylation sites is 1. The van der Waals surface area contributed by atoms with Gasteiger partial charge in [0.15, 0.2) is 5.11 Å². The topological polar surface area (TPSA) is 50.4 Å². The molecule has 0 spiro atoms. The van der Waals surface area contributed by atoms with Crippen molar-refractivity contribution in [2.24, 2.45) is 0 Å². The second-order valence-corrected chi connectivity index (χ2v) is 6.58. The van der Waals surface area contributed by atoms with Crippen LogP contribution in [-0.2, 0) is 0 Å². The quantitative estimate of drug-likeness (QED) is 0.579. The molecule has 0 fully saturated rings. The summed E-state index contributed by atoms with van der Waals surface area (Å²) in [5.41, 5.74) is 0.500. The summed E-state index contributed by atoms with van der Waals surface area (Å²) < 4.78 is 19.8. The summed E-state index contributed by atoms with van der Waals surface area (Å²) in [5.74, 6) is -0.521. The number of anilines is 1. The van der Waals surface area contributed by atoms with E-state index in [4.69, 9.17) is 17.0 Å². The number of carbonyl (C=O) groups is 1. The van der Waals surface area contributed by atoms with Gasteiger partial charge in [-0.25, -0.2) is 4.39 Å². The molecule has 1 amide bonds. The summed E-state index contributed by atoms with van der Waals surface area (Å²) >= 11 is 8.61. The van der Waals surface area contributed by atoms with Gasteiger partial charge in [0.1, 0.15) is 11.6 Å². The van der Waals surface area contributed by atoms with E-state index in [-0.39, 0.29) is 10.8 Å². The fraction of sp³-hybridized carbons (Fsp3) is 0.0526. The van der Waals surface area contributed by atoms with Crippen LogP contribution in [0.2, 0.25) is 0 Å². The molecule has 3 aromatic rings. The molecule has 0 bridgehead atoms. The third-order valence-electron chi connectivity index (χ3n) is 3.74. The molecule has 0 radical (unpaired) electrons. The summed E-state index contributed by atoms with van der Waals surface area (Å²) in [5, 5.41) is 7.01. The van der Waals surface area contributed by atoms with Gasteiger partial charge in [0, 0.05) is 0 Å². The van der Waals surface area contributed by atoms with Gasteiger partial charge in [-0.15, -0.1) is 0 Å². The van der Waals surface area contributed by atoms with Crippen LogP contribution in [0.15, 0.2) is 59.1 Å². The fourth-order valence-electron chi connectivity index (χ4n) is 2.54. The molecule has 3 rings (SSSR count). The van der Waals surface area contributed by atoms with Gasteiger partial charge in [-0.3, -0.25) is 10.1 Å². The minimum atomic E-state index is -0.463. The number of rotatable bonds is 3. The Balaban J connectivity index is 1.88. The number of carbonyl (C=O) groups excluding carboxylic acids is 1. The largest absolute Gasteiger partial charge is 0.495 e. The first kappa shape index (κ1) is 18.3. The molecule has 7 heteroatoms. The van der Waals surface area contributed by atoms with Crippen molar-refractivity contribution in [1.29, 1.82) is 0 Å². The summed E-state index contributed by atoms with van der Waals surface area (Å²) in [6.07, 6.45) is 0. The van der Waals surface area contributed by atoms with E-state index in [1.165, 1.54) is 19.2 Å². The lowest BCUT2D eigenvalue weighted by molar-refractivity contribution is 0.0975. The molecule has 0 aliphatic carbocycles. The highest BCUT2D eigenvalue weighted by molar-refractivity contribution is 9.10. The number of amides is 1. The van der Waals surface area contributed by atoms with E-state index in [1.54, 1.807) is 18.2 Å². The fourth-order valence-corrected chi connectivity index (χ4v) is 3.48. The van der Waals surface area contributed by atoms with Crippen molar-refractivity contribution in [3.63, 3.8) is 0 Å². The Bertz CT molecular complexity index is 1010. The van der Waals surface area contributed by atoms with E-state index in [2.05, 4.69) is 26.6 Å². The molecule has 0 saturated carbocycles. The summed E-state index contributed by atoms with van der Waals surface area (Å²) in [4.78, 5) is 12.7. The van der Waals surface area contributed by atoms with Crippen molar-refractivity contribution >= 4 is 55.6 Å². The Morgan fingerprint density at radius 2 is 1.85 bits per heavy atom. The normalized spacial score (nSPS) is 10.4. The lowest BCUT2D eigenvalue weighted by Crippen LogP contribution is -2.34. The number of halogens is 2. The summed E-state index contributed by atoms with van der Waals surface area (Å²) in [6.45, 7) is 0. The number of benzene rings is 3. The zero-order valence-corrected chi connectivity index (χ0v) is 16.1. The first-order chi connectivity index (χ1) is 12.5. The highest BCUT2D eigenvalue weighted by Crippen LogP contribution is 2.36. The number of ether oxygens (including phenoxy) is 1. The van der Waals surface area contributed by atoms with E-state index in [1.807, 2.05) is 24.3 Å². The third kappa shape index (κ3) is 3.68. The number of fused-ring (bicyclic) bond motifs is 1. The maximum atomic E-state index is 13.7. The average Bonchev–Trinajstić information content (AvgIpc) is 2.63. The molecular formula is C19H14BrFN2O2S. The van der Waals surface area contributed by atoms with E-state index in [0.29, 0.717) is 15.8 Å². The second kappa shape index (κ2) is 7.80. The van der Waals surface area contributed by atoms with E-state index in [9.17, 15) is 9.18 Å². The second-order valence-electron chi connectivity index (χ2n) is 5.38. The van der Waals surface area contributed by atoms with Crippen LogP contribution >= 0.6 is 28.1 Å². The molecule has 0 saturated heterocycles. The predicted octanol–water partition coefficient (Wildman–Crippen LogP) is 4.88. The van der Waals surface area contributed by atoms with Crippen molar-refractivity contribution in [2.75, 3.05) is 12.4 Å². The van der Waals surface area contributed by atoms with Gasteiger partial charge >= 0.3 is 0 Å². The van der Waals surface area contributed by atoms with Crippen molar-refractivity contribution in [3.8, 4) is 5.75 Å². The maximum Gasteiger partial charge on any atom is 0.261 e. The maximum absolute atomic E-state index is 13.7. The van der Waals surface area contributed by atoms with Gasteiger partial charge in [0.2, 0.25) is 0 Å². The minimum Gasteiger partial charge on any atom is -0.495 e. The van der Waals surface area contributed by atoms with Crippen LogP contribution in [0.3, 0.4) is 0 Å². The lowest BCUT2D eigenvalue weighted by atomic mass is 10.1. The molecule has 0 atom stereocenters. The third-order valence-corrected chi connectivity index (χ3v) is 4.73. The van der Waals surface area contributed by atoms with E-state index < -0.39 is 11.7 Å². The standard InChI is InChI=1S/C19H14BrFN2O2S/c1-25-17-13(10-11-6-2-3-7-12(11)16(17)20)18(24)23-19(26)22-15-9-5-4-8-14(15)21/h2-10H,1H3,(H2,22,23,24,26). The Kier molecular flexibility index (Phi) is 5.49. The van der Waals surface area contributed by atoms with Gasteiger partial charge in [0.05, 0.1) is 22.8 Å². The molecule has 132 valence electrons. The molecule has 0 aliphatic rings. The van der Waals surface area contributed by atoms with Crippen molar-refractivity contribution in [2.45, 2.75) is 0 Å². The number of methoxy groups -OCH3 is 1. The molecule has 0 unspecified atom stereocenters. The Hall–Kier alpha value is -2.51. The highest BCUT2D eigenvalue weighted by atomic mass is 79.9. The van der Waals surface area contributed by atoms with Crippen LogP contribution in [-0.4, -0.2) is 18.1 Å². The predicted molar refractivity (Wildman–Crippen MR) is 108 cm³/mol. The molecule has 2 N–H and O–H groups in total. The van der Waals surface area contributed by atoms with Crippen LogP contribution in [0.25, 0.3) is 10.8 Å². The molecule has 3 aromatic carbocycles. The Labute approximate surface area is 163 Å². The highest BCUT2D eigenvalue weighted by Gasteiger charge is 2.19. The molecule has 26 heavy (non-hydrogen) atoms. The molecule has 0 aliphatic heterocycles. The molecule has 0 aromatic heterocycles. The molecule has 0 heterocycles. The van der Waals surface area contributed by atoms with Crippen molar-refractivity contribution < 1.29 is 13.9 Å². The van der Waals surface area contributed by atoms with Gasteiger partial charge in [-0.05, 0) is 57.1 Å². The van der Waals surface area contributed by atoms with Gasteiger partial charge < -0.3 is 10.1 Å². The number of nitrogens with one attached hydrogen (secondary N) is 2. The number of hydrogen-bond acceptors (Lipinski definition) is 3. The summed E-state index contributed by atoms with van der Waals surface area (Å²) in [6, 6.07) is 15.4. The Morgan fingerprint density at radius 1 is 1.15 bits per heavy atom. The van der Waals surface area contributed by atoms with Gasteiger partial charge in [0.25, 0.3) is 5.91 Å². The van der Waals surface area contributed by atoms with Gasteiger partial charge in [-0.1, -0.05) is 36.4 Å². The monoisotopic (exact) mass is 432 g/mol. The van der Waals surface area contributed by atoms with Crippen LogP contribution < -0.4 is 15.4 Å². The number of hydrogen-bond donors (Lipinski definition) is 2. The SMILES string of the molecule is COc1c(C(=O)NC(=S)Nc2ccccc2F)cc2ccccc2c1Br. The number of thiocarbonyl (C=S) groups is 1. The van der Waals surface area contributed by atoms with Gasteiger partial charge in [-0.2, -0.15) is 0 Å².